The lowest BCUT2D eigenvalue weighted by molar-refractivity contribution is 0.0936. The van der Waals surface area contributed by atoms with Crippen molar-refractivity contribution in [3.63, 3.8) is 0 Å². The molecule has 5 rings (SSSR count). The van der Waals surface area contributed by atoms with Gasteiger partial charge in [0.15, 0.2) is 17.0 Å². The molecule has 0 bridgehead atoms. The molecule has 2 heterocycles. The number of benzene rings is 3. The highest BCUT2D eigenvalue weighted by Gasteiger charge is 2.26. The Hall–Kier alpha value is -3.84. The molecule has 0 aromatic heterocycles. The van der Waals surface area contributed by atoms with Gasteiger partial charge in [0.2, 0.25) is 0 Å². The number of hydrogen-bond acceptors (Lipinski definition) is 4. The predicted octanol–water partition coefficient (Wildman–Crippen LogP) is 7.66. The minimum Gasteiger partial charge on any atom is -0.451 e. The van der Waals surface area contributed by atoms with Crippen molar-refractivity contribution in [3.05, 3.63) is 65.3 Å². The molecule has 1 amide bonds. The van der Waals surface area contributed by atoms with Crippen molar-refractivity contribution >= 4 is 51.0 Å². The van der Waals surface area contributed by atoms with Gasteiger partial charge in [-0.3, -0.25) is 4.79 Å². The number of carbonyl (C=O) groups is 1. The van der Waals surface area contributed by atoms with Crippen molar-refractivity contribution in [2.24, 2.45) is 0 Å². The van der Waals surface area contributed by atoms with Crippen molar-refractivity contribution in [2.45, 2.75) is 66.3 Å². The highest BCUT2D eigenvalue weighted by molar-refractivity contribution is 6.04. The minimum absolute atomic E-state index is 0.00886. The fourth-order valence-electron chi connectivity index (χ4n) is 6.17. The quantitative estimate of drug-likeness (QED) is 0.114. The average molecular weight is 585 g/mol. The number of fused-ring (bicyclic) bond motifs is 3. The average Bonchev–Trinajstić information content (AvgIpc) is 3.00. The van der Waals surface area contributed by atoms with Crippen molar-refractivity contribution in [1.82, 2.24) is 14.8 Å². The molecule has 3 aromatic rings. The first-order chi connectivity index (χ1) is 20.8. The molecule has 0 aliphatic carbocycles. The number of nitrogens with one attached hydrogen (secondary N) is 1. The Morgan fingerprint density at radius 3 is 2.42 bits per heavy atom. The molecule has 6 nitrogen and oxygen atoms in total. The first-order valence-electron chi connectivity index (χ1n) is 15.9. The van der Waals surface area contributed by atoms with Crippen LogP contribution in [0.2, 0.25) is 0 Å². The third-order valence-electron chi connectivity index (χ3n) is 8.74. The maximum Gasteiger partial charge on any atom is 0.253 e. The van der Waals surface area contributed by atoms with E-state index in [4.69, 9.17) is 4.42 Å². The van der Waals surface area contributed by atoms with E-state index in [1.807, 2.05) is 53.8 Å². The zero-order chi connectivity index (χ0) is 30.7. The fraction of sp³-hybridized carbons (Fsp3) is 0.417. The predicted molar refractivity (Wildman–Crippen MR) is 178 cm³/mol. The summed E-state index contributed by atoms with van der Waals surface area (Å²) in [5.74, 6) is -0.576. The van der Waals surface area contributed by atoms with Gasteiger partial charge < -0.3 is 24.1 Å². The lowest BCUT2D eigenvalue weighted by Gasteiger charge is -2.28. The molecule has 3 aromatic carbocycles. The second-order valence-electron chi connectivity index (χ2n) is 11.6. The number of pyridine rings is 1. The Kier molecular flexibility index (Phi) is 9.40. The van der Waals surface area contributed by atoms with Gasteiger partial charge in [-0.15, -0.1) is 0 Å². The van der Waals surface area contributed by atoms with Crippen LogP contribution in [0.4, 0.5) is 10.1 Å². The van der Waals surface area contributed by atoms with Gasteiger partial charge in [-0.25, -0.2) is 4.39 Å². The number of amides is 1. The molecule has 1 unspecified atom stereocenters. The topological polar surface area (TPSA) is 53.7 Å². The summed E-state index contributed by atoms with van der Waals surface area (Å²) in [7, 11) is 0. The van der Waals surface area contributed by atoms with Crippen LogP contribution >= 0.6 is 0 Å². The van der Waals surface area contributed by atoms with Crippen LogP contribution in [0.5, 0.6) is 0 Å². The second-order valence-corrected chi connectivity index (χ2v) is 11.6. The van der Waals surface area contributed by atoms with Crippen LogP contribution in [0.3, 0.4) is 0 Å². The smallest absolute Gasteiger partial charge is 0.253 e. The third-order valence-corrected chi connectivity index (χ3v) is 8.74. The SMILES string of the molecule is C=c1c(C(=O)NC(C)CCCN(CC)CC)cn2c3cc4ccccc4cc3oc3c(N(CC)CCCC)c(F)cc1c3-2. The maximum absolute atomic E-state index is 16.1. The van der Waals surface area contributed by atoms with Crippen LogP contribution in [0.25, 0.3) is 45.1 Å². The summed E-state index contributed by atoms with van der Waals surface area (Å²) in [4.78, 5) is 18.2. The first-order valence-corrected chi connectivity index (χ1v) is 15.9. The number of aromatic nitrogens is 1. The van der Waals surface area contributed by atoms with Gasteiger partial charge in [-0.1, -0.05) is 58.0 Å². The van der Waals surface area contributed by atoms with Crippen molar-refractivity contribution in [2.75, 3.05) is 37.6 Å². The van der Waals surface area contributed by atoms with Crippen LogP contribution in [-0.4, -0.2) is 54.1 Å². The summed E-state index contributed by atoms with van der Waals surface area (Å²) in [5.41, 5.74) is 3.52. The molecule has 228 valence electrons. The van der Waals surface area contributed by atoms with E-state index in [1.54, 1.807) is 0 Å². The monoisotopic (exact) mass is 584 g/mol. The lowest BCUT2D eigenvalue weighted by Crippen LogP contribution is -2.37. The maximum atomic E-state index is 16.1. The van der Waals surface area contributed by atoms with E-state index < -0.39 is 0 Å². The molecule has 0 radical (unpaired) electrons. The second kappa shape index (κ2) is 13.2. The van der Waals surface area contributed by atoms with E-state index in [-0.39, 0.29) is 17.8 Å². The van der Waals surface area contributed by atoms with Gasteiger partial charge in [0.05, 0.1) is 16.8 Å². The largest absolute Gasteiger partial charge is 0.451 e. The number of unbranched alkanes of at least 4 members (excludes halogenated alkanes) is 1. The molecule has 43 heavy (non-hydrogen) atoms. The van der Waals surface area contributed by atoms with Crippen molar-refractivity contribution in [1.29, 1.82) is 0 Å². The summed E-state index contributed by atoms with van der Waals surface area (Å²) in [6, 6.07) is 13.7. The molecule has 0 saturated carbocycles. The van der Waals surface area contributed by atoms with Crippen molar-refractivity contribution < 1.29 is 13.6 Å². The highest BCUT2D eigenvalue weighted by atomic mass is 19.1. The number of nitrogens with zero attached hydrogens (tertiary/aromatic N) is 3. The Bertz CT molecular complexity index is 1770. The van der Waals surface area contributed by atoms with Gasteiger partial charge in [0.25, 0.3) is 5.91 Å². The van der Waals surface area contributed by atoms with E-state index in [1.165, 1.54) is 6.07 Å². The van der Waals surface area contributed by atoms with Crippen LogP contribution < -0.4 is 15.4 Å². The zero-order valence-electron chi connectivity index (χ0n) is 26.3. The number of anilines is 1. The summed E-state index contributed by atoms with van der Waals surface area (Å²) in [6.07, 6.45) is 5.67. The van der Waals surface area contributed by atoms with Gasteiger partial charge in [-0.2, -0.15) is 0 Å². The van der Waals surface area contributed by atoms with Gasteiger partial charge in [0.1, 0.15) is 5.69 Å². The molecular weight excluding hydrogens is 539 g/mol. The molecule has 0 spiro atoms. The van der Waals surface area contributed by atoms with Crippen molar-refractivity contribution in [3.8, 4) is 5.69 Å². The van der Waals surface area contributed by atoms with E-state index in [9.17, 15) is 4.79 Å². The Morgan fingerprint density at radius 1 is 1.02 bits per heavy atom. The zero-order valence-corrected chi connectivity index (χ0v) is 26.3. The van der Waals surface area contributed by atoms with Crippen LogP contribution in [0.15, 0.2) is 53.1 Å². The summed E-state index contributed by atoms with van der Waals surface area (Å²) < 4.78 is 24.7. The van der Waals surface area contributed by atoms with Crippen LogP contribution in [-0.2, 0) is 0 Å². The molecule has 0 saturated heterocycles. The molecular formula is C36H45FN4O2. The Labute approximate surface area is 254 Å². The van der Waals surface area contributed by atoms with Gasteiger partial charge >= 0.3 is 0 Å². The van der Waals surface area contributed by atoms with E-state index >= 15 is 4.39 Å². The van der Waals surface area contributed by atoms with E-state index in [0.717, 1.165) is 73.8 Å². The number of halogens is 1. The molecule has 2 aliphatic heterocycles. The Morgan fingerprint density at radius 2 is 1.74 bits per heavy atom. The standard InChI is InChI=1S/C36H45FN4O2/c1-7-11-19-40(10-4)34-30(37)22-28-25(6)29(36(42)38-24(5)15-14-18-39(8-2)9-3)23-41-31-20-26-16-12-13-17-27(26)21-32(31)43-35(34)33(28)41/h12-13,16-17,20-24H,6-11,14-15,18-19H2,1-5H3,(H,38,42). The minimum atomic E-state index is -0.372. The first kappa shape index (κ1) is 30.6. The molecule has 7 heteroatoms. The summed E-state index contributed by atoms with van der Waals surface area (Å²) in [6.45, 7) is 19.3. The number of hydrogen-bond donors (Lipinski definition) is 1. The Balaban J connectivity index is 1.67. The third kappa shape index (κ3) is 6.00. The van der Waals surface area contributed by atoms with E-state index in [2.05, 4.69) is 49.7 Å². The molecule has 2 aliphatic rings. The number of rotatable bonds is 13. The van der Waals surface area contributed by atoms with Gasteiger partial charge in [-0.05, 0) is 86.9 Å². The summed E-state index contributed by atoms with van der Waals surface area (Å²) >= 11 is 0. The van der Waals surface area contributed by atoms with Crippen LogP contribution in [0.1, 0.15) is 70.7 Å². The normalized spacial score (nSPS) is 12.6. The highest BCUT2D eigenvalue weighted by Crippen LogP contribution is 2.39. The molecule has 0 fully saturated rings. The van der Waals surface area contributed by atoms with Crippen LogP contribution in [0, 0.1) is 5.82 Å². The lowest BCUT2D eigenvalue weighted by atomic mass is 10.0. The van der Waals surface area contributed by atoms with Gasteiger partial charge in [0, 0.05) is 30.7 Å². The molecule has 1 N–H and O–H groups in total. The van der Waals surface area contributed by atoms with E-state index in [0.29, 0.717) is 39.6 Å². The number of carbonyl (C=O) groups excluding carboxylic acids is 1. The molecule has 1 atom stereocenters. The fourth-order valence-corrected chi connectivity index (χ4v) is 6.17. The summed E-state index contributed by atoms with van der Waals surface area (Å²) in [5, 5.41) is 6.34.